The summed E-state index contributed by atoms with van der Waals surface area (Å²) in [4.78, 5) is 25.9. The highest BCUT2D eigenvalue weighted by molar-refractivity contribution is 6.31. The fourth-order valence-electron chi connectivity index (χ4n) is 2.91. The summed E-state index contributed by atoms with van der Waals surface area (Å²) >= 11 is 5.76. The highest BCUT2D eigenvalue weighted by Gasteiger charge is 2.35. The number of nitrogens with zero attached hydrogens (tertiary/aromatic N) is 1. The third-order valence-electron chi connectivity index (χ3n) is 4.34. The molecule has 0 radical (unpaired) electrons. The number of carbonyl (C=O) groups excluding carboxylic acids is 2. The third-order valence-corrected chi connectivity index (χ3v) is 4.63. The molecule has 0 aliphatic carbocycles. The summed E-state index contributed by atoms with van der Waals surface area (Å²) < 4.78 is 26.1. The molecule has 2 amide bonds. The maximum absolute atomic E-state index is 13.3. The van der Waals surface area contributed by atoms with E-state index >= 15 is 0 Å². The van der Waals surface area contributed by atoms with Gasteiger partial charge in [0, 0.05) is 25.2 Å². The van der Waals surface area contributed by atoms with Crippen molar-refractivity contribution < 1.29 is 18.4 Å². The second-order valence-electron chi connectivity index (χ2n) is 6.17. The van der Waals surface area contributed by atoms with Gasteiger partial charge in [0.15, 0.2) is 0 Å². The normalized spacial score (nSPS) is 16.8. The van der Waals surface area contributed by atoms with Gasteiger partial charge < -0.3 is 10.2 Å². The van der Waals surface area contributed by atoms with Gasteiger partial charge in [0.25, 0.3) is 0 Å². The molecule has 1 unspecified atom stereocenters. The summed E-state index contributed by atoms with van der Waals surface area (Å²) in [6.45, 7) is 0.626. The monoisotopic (exact) mass is 378 g/mol. The number of halogens is 3. The van der Waals surface area contributed by atoms with Crippen LogP contribution in [0.5, 0.6) is 0 Å². The molecule has 0 aromatic heterocycles. The number of amides is 2. The van der Waals surface area contributed by atoms with Gasteiger partial charge in [-0.15, -0.1) is 0 Å². The van der Waals surface area contributed by atoms with Gasteiger partial charge in [-0.3, -0.25) is 9.59 Å². The second-order valence-corrected chi connectivity index (χ2v) is 6.58. The lowest BCUT2D eigenvalue weighted by atomic mass is 10.1. The third kappa shape index (κ3) is 4.19. The highest BCUT2D eigenvalue weighted by atomic mass is 35.5. The SMILES string of the molecule is O=C(NCCc1ccc(F)cc1)C1CC(=O)N(c2ccc(F)c(Cl)c2)C1. The maximum atomic E-state index is 13.3. The van der Waals surface area contributed by atoms with Gasteiger partial charge in [0.2, 0.25) is 11.8 Å². The number of hydrogen-bond acceptors (Lipinski definition) is 2. The van der Waals surface area contributed by atoms with Crippen LogP contribution in [0.2, 0.25) is 5.02 Å². The Morgan fingerprint density at radius 3 is 2.62 bits per heavy atom. The minimum absolute atomic E-state index is 0.0671. The van der Waals surface area contributed by atoms with Crippen molar-refractivity contribution in [2.24, 2.45) is 5.92 Å². The molecule has 1 heterocycles. The van der Waals surface area contributed by atoms with E-state index in [0.717, 1.165) is 5.56 Å². The van der Waals surface area contributed by atoms with E-state index in [9.17, 15) is 18.4 Å². The smallest absolute Gasteiger partial charge is 0.227 e. The molecule has 1 fully saturated rings. The van der Waals surface area contributed by atoms with E-state index < -0.39 is 11.7 Å². The van der Waals surface area contributed by atoms with Crippen molar-refractivity contribution in [1.29, 1.82) is 0 Å². The van der Waals surface area contributed by atoms with E-state index in [1.54, 1.807) is 12.1 Å². The fraction of sp³-hybridized carbons (Fsp3) is 0.263. The Morgan fingerprint density at radius 2 is 1.92 bits per heavy atom. The summed E-state index contributed by atoms with van der Waals surface area (Å²) in [6, 6.07) is 10.1. The number of rotatable bonds is 5. The molecule has 136 valence electrons. The molecule has 1 N–H and O–H groups in total. The molecule has 1 aliphatic rings. The number of nitrogens with one attached hydrogen (secondary N) is 1. The average Bonchev–Trinajstić information content (AvgIpc) is 3.01. The second kappa shape index (κ2) is 7.83. The lowest BCUT2D eigenvalue weighted by molar-refractivity contribution is -0.126. The van der Waals surface area contributed by atoms with Crippen LogP contribution < -0.4 is 10.2 Å². The summed E-state index contributed by atoms with van der Waals surface area (Å²) in [5, 5.41) is 2.74. The van der Waals surface area contributed by atoms with E-state index in [-0.39, 0.29) is 35.6 Å². The van der Waals surface area contributed by atoms with E-state index in [4.69, 9.17) is 11.6 Å². The van der Waals surface area contributed by atoms with E-state index in [0.29, 0.717) is 18.7 Å². The first-order valence-corrected chi connectivity index (χ1v) is 8.59. The Morgan fingerprint density at radius 1 is 1.19 bits per heavy atom. The molecule has 1 aliphatic heterocycles. The standard InChI is InChI=1S/C19H17ClF2N2O2/c20-16-10-15(5-6-17(16)22)24-11-13(9-18(24)25)19(26)23-8-7-12-1-3-14(21)4-2-12/h1-6,10,13H,7-9,11H2,(H,23,26). The van der Waals surface area contributed by atoms with Gasteiger partial charge in [-0.05, 0) is 42.3 Å². The first-order valence-electron chi connectivity index (χ1n) is 8.21. The molecule has 3 rings (SSSR count). The van der Waals surface area contributed by atoms with E-state index in [2.05, 4.69) is 5.32 Å². The quantitative estimate of drug-likeness (QED) is 0.867. The molecular weight excluding hydrogens is 362 g/mol. The van der Waals surface area contributed by atoms with Crippen molar-refractivity contribution in [3.63, 3.8) is 0 Å². The van der Waals surface area contributed by atoms with Crippen LogP contribution in [0.25, 0.3) is 0 Å². The molecule has 2 aromatic rings. The first kappa shape index (κ1) is 18.3. The highest BCUT2D eigenvalue weighted by Crippen LogP contribution is 2.28. The van der Waals surface area contributed by atoms with Gasteiger partial charge in [0.05, 0.1) is 10.9 Å². The number of hydrogen-bond donors (Lipinski definition) is 1. The van der Waals surface area contributed by atoms with Crippen LogP contribution in [-0.2, 0) is 16.0 Å². The van der Waals surface area contributed by atoms with Crippen molar-refractivity contribution in [2.75, 3.05) is 18.0 Å². The van der Waals surface area contributed by atoms with Crippen LogP contribution in [-0.4, -0.2) is 24.9 Å². The van der Waals surface area contributed by atoms with E-state index in [1.807, 2.05) is 0 Å². The lowest BCUT2D eigenvalue weighted by Crippen LogP contribution is -2.34. The van der Waals surface area contributed by atoms with Crippen LogP contribution in [0.15, 0.2) is 42.5 Å². The van der Waals surface area contributed by atoms with Gasteiger partial charge in [-0.1, -0.05) is 23.7 Å². The van der Waals surface area contributed by atoms with Crippen molar-refractivity contribution in [1.82, 2.24) is 5.32 Å². The number of benzene rings is 2. The van der Waals surface area contributed by atoms with Gasteiger partial charge in [-0.2, -0.15) is 0 Å². The Kier molecular flexibility index (Phi) is 5.52. The van der Waals surface area contributed by atoms with Crippen LogP contribution >= 0.6 is 11.6 Å². The first-order chi connectivity index (χ1) is 12.4. The van der Waals surface area contributed by atoms with E-state index in [1.165, 1.54) is 35.2 Å². The summed E-state index contributed by atoms with van der Waals surface area (Å²) in [7, 11) is 0. The van der Waals surface area contributed by atoms with Crippen LogP contribution in [0.3, 0.4) is 0 Å². The lowest BCUT2D eigenvalue weighted by Gasteiger charge is -2.17. The zero-order valence-corrected chi connectivity index (χ0v) is 14.6. The summed E-state index contributed by atoms with van der Waals surface area (Å²) in [5.74, 6) is -1.75. The molecule has 0 bridgehead atoms. The minimum Gasteiger partial charge on any atom is -0.355 e. The summed E-state index contributed by atoms with van der Waals surface area (Å²) in [6.07, 6.45) is 0.668. The molecule has 0 spiro atoms. The topological polar surface area (TPSA) is 49.4 Å². The largest absolute Gasteiger partial charge is 0.355 e. The molecule has 2 aromatic carbocycles. The molecule has 0 saturated carbocycles. The Hall–Kier alpha value is -2.47. The predicted octanol–water partition coefficient (Wildman–Crippen LogP) is 3.33. The molecule has 26 heavy (non-hydrogen) atoms. The van der Waals surface area contributed by atoms with Crippen molar-refractivity contribution >= 4 is 29.1 Å². The zero-order valence-electron chi connectivity index (χ0n) is 13.8. The number of anilines is 1. The number of carbonyl (C=O) groups is 2. The predicted molar refractivity (Wildman–Crippen MR) is 95.0 cm³/mol. The van der Waals surface area contributed by atoms with Gasteiger partial charge in [-0.25, -0.2) is 8.78 Å². The van der Waals surface area contributed by atoms with Crippen molar-refractivity contribution in [3.05, 3.63) is 64.7 Å². The van der Waals surface area contributed by atoms with Crippen molar-refractivity contribution in [2.45, 2.75) is 12.8 Å². The maximum Gasteiger partial charge on any atom is 0.227 e. The molecule has 1 saturated heterocycles. The zero-order chi connectivity index (χ0) is 18.7. The summed E-state index contributed by atoms with van der Waals surface area (Å²) in [5.41, 5.74) is 1.39. The van der Waals surface area contributed by atoms with Gasteiger partial charge >= 0.3 is 0 Å². The van der Waals surface area contributed by atoms with Crippen LogP contribution in [0.4, 0.5) is 14.5 Å². The van der Waals surface area contributed by atoms with Crippen molar-refractivity contribution in [3.8, 4) is 0 Å². The minimum atomic E-state index is -0.558. The Labute approximate surface area is 154 Å². The average molecular weight is 379 g/mol. The molecule has 4 nitrogen and oxygen atoms in total. The molecular formula is C19H17ClF2N2O2. The van der Waals surface area contributed by atoms with Gasteiger partial charge in [0.1, 0.15) is 11.6 Å². The van der Waals surface area contributed by atoms with Crippen LogP contribution in [0, 0.1) is 17.6 Å². The van der Waals surface area contributed by atoms with Crippen LogP contribution in [0.1, 0.15) is 12.0 Å². The fourth-order valence-corrected chi connectivity index (χ4v) is 3.09. The molecule has 7 heteroatoms. The Bertz CT molecular complexity index is 827. The Balaban J connectivity index is 1.54. The molecule has 1 atom stereocenters.